The fraction of sp³-hybridized carbons (Fsp3) is 0.368. The smallest absolute Gasteiger partial charge is 0.337 e. The zero-order valence-electron chi connectivity index (χ0n) is 15.4. The predicted molar refractivity (Wildman–Crippen MR) is 99.2 cm³/mol. The number of hydrogen-bond acceptors (Lipinski definition) is 7. The zero-order chi connectivity index (χ0) is 19.1. The van der Waals surface area contributed by atoms with E-state index in [2.05, 4.69) is 14.7 Å². The predicted octanol–water partition coefficient (Wildman–Crippen LogP) is 3.28. The molecule has 0 aliphatic rings. The maximum Gasteiger partial charge on any atom is 0.337 e. The summed E-state index contributed by atoms with van der Waals surface area (Å²) < 4.78 is 9.99. The highest BCUT2D eigenvalue weighted by Gasteiger charge is 2.12. The number of ether oxygens (including phenoxy) is 2. The van der Waals surface area contributed by atoms with E-state index in [-0.39, 0.29) is 19.0 Å². The molecule has 2 rings (SSSR count). The molecule has 0 saturated carbocycles. The lowest BCUT2D eigenvalue weighted by Crippen LogP contribution is -2.09. The lowest BCUT2D eigenvalue weighted by Gasteiger charge is -2.10. The van der Waals surface area contributed by atoms with Gasteiger partial charge in [0.1, 0.15) is 6.61 Å². The molecule has 0 aliphatic heterocycles. The van der Waals surface area contributed by atoms with Crippen LogP contribution in [0.4, 0.5) is 0 Å². The van der Waals surface area contributed by atoms with Crippen LogP contribution in [0.25, 0.3) is 0 Å². The summed E-state index contributed by atoms with van der Waals surface area (Å²) in [6, 6.07) is 6.83. The van der Waals surface area contributed by atoms with Crippen LogP contribution >= 0.6 is 11.8 Å². The molecule has 0 aliphatic carbocycles. The highest BCUT2D eigenvalue weighted by atomic mass is 32.2. The molecule has 138 valence electrons. The first-order chi connectivity index (χ1) is 12.4. The number of nitrogens with zero attached hydrogens (tertiary/aromatic N) is 2. The largest absolute Gasteiger partial charge is 0.465 e. The van der Waals surface area contributed by atoms with Gasteiger partial charge in [-0.1, -0.05) is 23.9 Å². The summed E-state index contributed by atoms with van der Waals surface area (Å²) >= 11 is 1.49. The number of aromatic nitrogens is 2. The first-order valence-electron chi connectivity index (χ1n) is 8.15. The molecule has 0 spiro atoms. The number of rotatable bonds is 7. The number of benzene rings is 1. The van der Waals surface area contributed by atoms with Crippen molar-refractivity contribution >= 4 is 23.7 Å². The van der Waals surface area contributed by atoms with Crippen LogP contribution in [0, 0.1) is 13.8 Å². The monoisotopic (exact) mass is 374 g/mol. The minimum absolute atomic E-state index is 0.115. The van der Waals surface area contributed by atoms with Crippen LogP contribution in [0.15, 0.2) is 29.4 Å². The third-order valence-electron chi connectivity index (χ3n) is 3.91. The molecule has 0 atom stereocenters. The highest BCUT2D eigenvalue weighted by Crippen LogP contribution is 2.17. The van der Waals surface area contributed by atoms with Crippen molar-refractivity contribution in [3.63, 3.8) is 0 Å². The summed E-state index contributed by atoms with van der Waals surface area (Å²) in [6.45, 7) is 3.96. The van der Waals surface area contributed by atoms with E-state index in [4.69, 9.17) is 4.74 Å². The molecule has 0 amide bonds. The van der Waals surface area contributed by atoms with Gasteiger partial charge in [0.05, 0.1) is 12.7 Å². The van der Waals surface area contributed by atoms with Crippen molar-refractivity contribution in [1.29, 1.82) is 0 Å². The SMILES string of the molecule is COC(=O)c1cccc(COC(=O)CCc2c(C)nc(SC)nc2C)c1. The van der Waals surface area contributed by atoms with E-state index in [0.717, 1.165) is 27.7 Å². The Hall–Kier alpha value is -2.41. The quantitative estimate of drug-likeness (QED) is 0.418. The fourth-order valence-electron chi connectivity index (χ4n) is 2.53. The van der Waals surface area contributed by atoms with E-state index in [1.165, 1.54) is 18.9 Å². The fourth-order valence-corrected chi connectivity index (χ4v) is 2.99. The van der Waals surface area contributed by atoms with Crippen LogP contribution in [0.2, 0.25) is 0 Å². The molecule has 1 aromatic heterocycles. The van der Waals surface area contributed by atoms with Crippen LogP contribution in [0.5, 0.6) is 0 Å². The van der Waals surface area contributed by atoms with Crippen LogP contribution in [0.1, 0.15) is 39.3 Å². The number of methoxy groups -OCH3 is 1. The molecule has 0 N–H and O–H groups in total. The Morgan fingerprint density at radius 3 is 2.46 bits per heavy atom. The Morgan fingerprint density at radius 1 is 1.15 bits per heavy atom. The Labute approximate surface area is 157 Å². The lowest BCUT2D eigenvalue weighted by molar-refractivity contribution is -0.144. The van der Waals surface area contributed by atoms with Crippen molar-refractivity contribution in [2.24, 2.45) is 0 Å². The first kappa shape index (κ1) is 19.9. The third-order valence-corrected chi connectivity index (χ3v) is 4.46. The summed E-state index contributed by atoms with van der Waals surface area (Å²) in [7, 11) is 1.33. The van der Waals surface area contributed by atoms with Crippen molar-refractivity contribution in [2.45, 2.75) is 38.5 Å². The van der Waals surface area contributed by atoms with Crippen molar-refractivity contribution in [3.05, 3.63) is 52.3 Å². The lowest BCUT2D eigenvalue weighted by atomic mass is 10.1. The summed E-state index contributed by atoms with van der Waals surface area (Å²) in [5.74, 6) is -0.723. The molecule has 0 saturated heterocycles. The summed E-state index contributed by atoms with van der Waals surface area (Å²) in [5, 5.41) is 0.733. The normalized spacial score (nSPS) is 10.5. The third kappa shape index (κ3) is 5.29. The van der Waals surface area contributed by atoms with Crippen LogP contribution in [-0.2, 0) is 27.3 Å². The summed E-state index contributed by atoms with van der Waals surface area (Å²) in [6.07, 6.45) is 2.72. The molecule has 6 nitrogen and oxygen atoms in total. The van der Waals surface area contributed by atoms with Gasteiger partial charge in [0.25, 0.3) is 0 Å². The number of thioether (sulfide) groups is 1. The van der Waals surface area contributed by atoms with Gasteiger partial charge in [-0.2, -0.15) is 0 Å². The second kappa shape index (κ2) is 9.33. The van der Waals surface area contributed by atoms with E-state index in [0.29, 0.717) is 12.0 Å². The van der Waals surface area contributed by atoms with E-state index < -0.39 is 5.97 Å². The van der Waals surface area contributed by atoms with Gasteiger partial charge in [0.15, 0.2) is 5.16 Å². The van der Waals surface area contributed by atoms with E-state index in [1.807, 2.05) is 20.1 Å². The Morgan fingerprint density at radius 2 is 1.85 bits per heavy atom. The Bertz CT molecular complexity index is 785. The van der Waals surface area contributed by atoms with E-state index in [1.54, 1.807) is 24.3 Å². The van der Waals surface area contributed by atoms with E-state index in [9.17, 15) is 9.59 Å². The van der Waals surface area contributed by atoms with Crippen molar-refractivity contribution in [1.82, 2.24) is 9.97 Å². The molecule has 0 unspecified atom stereocenters. The Balaban J connectivity index is 1.91. The minimum Gasteiger partial charge on any atom is -0.465 e. The number of carbonyl (C=O) groups excluding carboxylic acids is 2. The van der Waals surface area contributed by atoms with Crippen LogP contribution in [-0.4, -0.2) is 35.3 Å². The van der Waals surface area contributed by atoms with Gasteiger partial charge < -0.3 is 9.47 Å². The molecule has 7 heteroatoms. The zero-order valence-corrected chi connectivity index (χ0v) is 16.2. The van der Waals surface area contributed by atoms with Gasteiger partial charge in [0, 0.05) is 17.8 Å². The molecule has 26 heavy (non-hydrogen) atoms. The summed E-state index contributed by atoms with van der Waals surface area (Å²) in [5.41, 5.74) is 3.92. The molecule has 2 aromatic rings. The molecule has 0 radical (unpaired) electrons. The van der Waals surface area contributed by atoms with E-state index >= 15 is 0 Å². The molecule has 1 heterocycles. The minimum atomic E-state index is -0.419. The Kier molecular flexibility index (Phi) is 7.15. The molecular formula is C19H22N2O4S. The number of aryl methyl sites for hydroxylation is 2. The maximum atomic E-state index is 12.1. The topological polar surface area (TPSA) is 78.4 Å². The van der Waals surface area contributed by atoms with Gasteiger partial charge in [-0.3, -0.25) is 4.79 Å². The second-order valence-corrected chi connectivity index (χ2v) is 6.49. The standard InChI is InChI=1S/C19H22N2O4S/c1-12-16(13(2)21-19(20-12)26-4)8-9-17(22)25-11-14-6-5-7-15(10-14)18(23)24-3/h5-7,10H,8-9,11H2,1-4H3. The van der Waals surface area contributed by atoms with Crippen molar-refractivity contribution in [2.75, 3.05) is 13.4 Å². The maximum absolute atomic E-state index is 12.1. The highest BCUT2D eigenvalue weighted by molar-refractivity contribution is 7.98. The van der Waals surface area contributed by atoms with Crippen molar-refractivity contribution < 1.29 is 19.1 Å². The number of hydrogen-bond donors (Lipinski definition) is 0. The van der Waals surface area contributed by atoms with Gasteiger partial charge >= 0.3 is 11.9 Å². The average molecular weight is 374 g/mol. The van der Waals surface area contributed by atoms with Gasteiger partial charge in [-0.15, -0.1) is 0 Å². The first-order valence-corrected chi connectivity index (χ1v) is 9.38. The van der Waals surface area contributed by atoms with Gasteiger partial charge in [-0.25, -0.2) is 14.8 Å². The van der Waals surface area contributed by atoms with Crippen molar-refractivity contribution in [3.8, 4) is 0 Å². The number of esters is 2. The van der Waals surface area contributed by atoms with Crippen LogP contribution in [0.3, 0.4) is 0 Å². The molecule has 0 bridgehead atoms. The second-order valence-electron chi connectivity index (χ2n) is 5.71. The number of carbonyl (C=O) groups is 2. The van der Waals surface area contributed by atoms with Gasteiger partial charge in [0.2, 0.25) is 0 Å². The average Bonchev–Trinajstić information content (AvgIpc) is 2.65. The van der Waals surface area contributed by atoms with Crippen LogP contribution < -0.4 is 0 Å². The summed E-state index contributed by atoms with van der Waals surface area (Å²) in [4.78, 5) is 32.4. The van der Waals surface area contributed by atoms with Gasteiger partial charge in [-0.05, 0) is 49.8 Å². The molecule has 0 fully saturated rings. The molecule has 1 aromatic carbocycles. The molecular weight excluding hydrogens is 352 g/mol.